The lowest BCUT2D eigenvalue weighted by Gasteiger charge is -2.26. The summed E-state index contributed by atoms with van der Waals surface area (Å²) in [5, 5.41) is 2.70. The number of hydrogen-bond donors (Lipinski definition) is 1. The molecule has 0 radical (unpaired) electrons. The first-order valence-corrected chi connectivity index (χ1v) is 11.5. The number of rotatable bonds is 8. The van der Waals surface area contributed by atoms with Gasteiger partial charge in [-0.05, 0) is 37.1 Å². The molecule has 3 aromatic rings. The summed E-state index contributed by atoms with van der Waals surface area (Å²) in [5.74, 6) is -0.784. The molecule has 1 aliphatic heterocycles. The molecule has 2 heterocycles. The molecule has 4 rings (SSSR count). The van der Waals surface area contributed by atoms with E-state index < -0.39 is 18.0 Å². The first kappa shape index (κ1) is 24.8. The molecule has 1 saturated heterocycles. The lowest BCUT2D eigenvalue weighted by Crippen LogP contribution is -2.37. The van der Waals surface area contributed by atoms with Crippen molar-refractivity contribution >= 4 is 11.6 Å². The topological polar surface area (TPSA) is 55.7 Å². The molecule has 1 N–H and O–H groups in total. The maximum absolute atomic E-state index is 13.1. The molecule has 1 fully saturated rings. The van der Waals surface area contributed by atoms with Gasteiger partial charge >= 0.3 is 6.36 Å². The second-order valence-corrected chi connectivity index (χ2v) is 8.38. The maximum Gasteiger partial charge on any atom is 0.573 e. The second kappa shape index (κ2) is 11.0. The molecule has 0 aliphatic carbocycles. The molecule has 2 aromatic carbocycles. The van der Waals surface area contributed by atoms with E-state index in [0.717, 1.165) is 68.8 Å². The number of alkyl halides is 3. The average molecular weight is 488 g/mol. The Labute approximate surface area is 202 Å². The van der Waals surface area contributed by atoms with Gasteiger partial charge in [0.05, 0.1) is 18.8 Å². The van der Waals surface area contributed by atoms with Crippen molar-refractivity contribution < 1.29 is 27.4 Å². The number of amides is 1. The molecule has 0 bridgehead atoms. The number of halogens is 3. The Morgan fingerprint density at radius 3 is 2.49 bits per heavy atom. The number of carbonyl (C=O) groups excluding carboxylic acids is 1. The largest absolute Gasteiger partial charge is 0.573 e. The van der Waals surface area contributed by atoms with Gasteiger partial charge in [-0.2, -0.15) is 0 Å². The van der Waals surface area contributed by atoms with Crippen molar-refractivity contribution in [3.05, 3.63) is 71.9 Å². The summed E-state index contributed by atoms with van der Waals surface area (Å²) >= 11 is 0. The fraction of sp³-hybridized carbons (Fsp3) is 0.346. The van der Waals surface area contributed by atoms with Crippen molar-refractivity contribution in [3.63, 3.8) is 0 Å². The molecule has 1 aromatic heterocycles. The average Bonchev–Trinajstić information content (AvgIpc) is 3.16. The SMILES string of the molecule is Cc1c(C(=O)Nc2cccc(OC(F)(F)F)c2)cc(-c2ccccc2)n1CCCN1CCOCC1. The van der Waals surface area contributed by atoms with Crippen LogP contribution in [0.25, 0.3) is 11.3 Å². The highest BCUT2D eigenvalue weighted by atomic mass is 19.4. The Morgan fingerprint density at radius 1 is 1.03 bits per heavy atom. The van der Waals surface area contributed by atoms with Gasteiger partial charge in [0, 0.05) is 49.3 Å². The normalized spacial score (nSPS) is 14.6. The third-order valence-electron chi connectivity index (χ3n) is 5.97. The fourth-order valence-corrected chi connectivity index (χ4v) is 4.26. The van der Waals surface area contributed by atoms with Gasteiger partial charge < -0.3 is 19.4 Å². The lowest BCUT2D eigenvalue weighted by molar-refractivity contribution is -0.274. The van der Waals surface area contributed by atoms with E-state index >= 15 is 0 Å². The molecule has 0 unspecified atom stereocenters. The van der Waals surface area contributed by atoms with E-state index in [1.165, 1.54) is 18.2 Å². The number of hydrogen-bond acceptors (Lipinski definition) is 4. The fourth-order valence-electron chi connectivity index (χ4n) is 4.26. The van der Waals surface area contributed by atoms with E-state index in [2.05, 4.69) is 19.5 Å². The number of morpholine rings is 1. The van der Waals surface area contributed by atoms with Crippen LogP contribution in [0.4, 0.5) is 18.9 Å². The number of benzene rings is 2. The molecule has 35 heavy (non-hydrogen) atoms. The molecule has 1 amide bonds. The van der Waals surface area contributed by atoms with Crippen molar-refractivity contribution in [1.82, 2.24) is 9.47 Å². The highest BCUT2D eigenvalue weighted by molar-refractivity contribution is 6.06. The van der Waals surface area contributed by atoms with Crippen LogP contribution in [0.5, 0.6) is 5.75 Å². The van der Waals surface area contributed by atoms with Crippen LogP contribution in [-0.2, 0) is 11.3 Å². The lowest BCUT2D eigenvalue weighted by atomic mass is 10.1. The molecule has 1 aliphatic rings. The van der Waals surface area contributed by atoms with Crippen LogP contribution in [0.2, 0.25) is 0 Å². The van der Waals surface area contributed by atoms with Crippen LogP contribution < -0.4 is 10.1 Å². The van der Waals surface area contributed by atoms with E-state index in [-0.39, 0.29) is 5.69 Å². The number of aromatic nitrogens is 1. The van der Waals surface area contributed by atoms with E-state index in [0.29, 0.717) is 5.56 Å². The number of ether oxygens (including phenoxy) is 2. The summed E-state index contributed by atoms with van der Waals surface area (Å²) in [6.07, 6.45) is -3.89. The van der Waals surface area contributed by atoms with Crippen LogP contribution in [0, 0.1) is 6.92 Å². The summed E-state index contributed by atoms with van der Waals surface area (Å²) in [6, 6.07) is 16.9. The van der Waals surface area contributed by atoms with E-state index in [9.17, 15) is 18.0 Å². The Morgan fingerprint density at radius 2 is 1.77 bits per heavy atom. The Kier molecular flexibility index (Phi) is 7.77. The Hall–Kier alpha value is -3.30. The van der Waals surface area contributed by atoms with Crippen molar-refractivity contribution in [3.8, 4) is 17.0 Å². The van der Waals surface area contributed by atoms with E-state index in [4.69, 9.17) is 4.74 Å². The first-order chi connectivity index (χ1) is 16.8. The van der Waals surface area contributed by atoms with Gasteiger partial charge in [-0.1, -0.05) is 36.4 Å². The van der Waals surface area contributed by atoms with Gasteiger partial charge in [0.1, 0.15) is 5.75 Å². The highest BCUT2D eigenvalue weighted by Gasteiger charge is 2.31. The monoisotopic (exact) mass is 487 g/mol. The predicted molar refractivity (Wildman–Crippen MR) is 128 cm³/mol. The molecule has 6 nitrogen and oxygen atoms in total. The molecule has 0 atom stereocenters. The summed E-state index contributed by atoms with van der Waals surface area (Å²) in [7, 11) is 0. The van der Waals surface area contributed by atoms with Gasteiger partial charge in [-0.25, -0.2) is 0 Å². The number of nitrogens with zero attached hydrogens (tertiary/aromatic N) is 2. The minimum atomic E-state index is -4.80. The predicted octanol–water partition coefficient (Wildman–Crippen LogP) is 5.34. The summed E-state index contributed by atoms with van der Waals surface area (Å²) < 4.78 is 49.2. The molecule has 9 heteroatoms. The van der Waals surface area contributed by atoms with Crippen molar-refractivity contribution in [2.24, 2.45) is 0 Å². The van der Waals surface area contributed by atoms with Gasteiger partial charge in [0.25, 0.3) is 5.91 Å². The van der Waals surface area contributed by atoms with Gasteiger partial charge in [0.15, 0.2) is 0 Å². The number of nitrogens with one attached hydrogen (secondary N) is 1. The quantitative estimate of drug-likeness (QED) is 0.466. The van der Waals surface area contributed by atoms with Gasteiger partial charge in [-0.3, -0.25) is 9.69 Å². The number of anilines is 1. The van der Waals surface area contributed by atoms with E-state index in [1.807, 2.05) is 43.3 Å². The maximum atomic E-state index is 13.1. The summed E-state index contributed by atoms with van der Waals surface area (Å²) in [6.45, 7) is 6.88. The van der Waals surface area contributed by atoms with Crippen molar-refractivity contribution in [1.29, 1.82) is 0 Å². The van der Waals surface area contributed by atoms with Crippen molar-refractivity contribution in [2.75, 3.05) is 38.2 Å². The van der Waals surface area contributed by atoms with Gasteiger partial charge in [-0.15, -0.1) is 13.2 Å². The Bertz CT molecular complexity index is 1140. The van der Waals surface area contributed by atoms with Crippen LogP contribution >= 0.6 is 0 Å². The Balaban J connectivity index is 1.54. The minimum Gasteiger partial charge on any atom is -0.406 e. The third-order valence-corrected chi connectivity index (χ3v) is 5.97. The van der Waals surface area contributed by atoms with Crippen LogP contribution in [0.3, 0.4) is 0 Å². The smallest absolute Gasteiger partial charge is 0.406 e. The molecule has 0 spiro atoms. The highest BCUT2D eigenvalue weighted by Crippen LogP contribution is 2.29. The minimum absolute atomic E-state index is 0.220. The first-order valence-electron chi connectivity index (χ1n) is 11.5. The zero-order chi connectivity index (χ0) is 24.8. The second-order valence-electron chi connectivity index (χ2n) is 8.38. The number of carbonyl (C=O) groups is 1. The third kappa shape index (κ3) is 6.64. The van der Waals surface area contributed by atoms with Crippen LogP contribution in [0.15, 0.2) is 60.7 Å². The molecule has 0 saturated carbocycles. The molecule has 186 valence electrons. The van der Waals surface area contributed by atoms with Crippen molar-refractivity contribution in [2.45, 2.75) is 26.3 Å². The molecular formula is C26H28F3N3O3. The van der Waals surface area contributed by atoms with E-state index in [1.54, 1.807) is 0 Å². The summed E-state index contributed by atoms with van der Waals surface area (Å²) in [4.78, 5) is 15.5. The summed E-state index contributed by atoms with van der Waals surface area (Å²) in [5.41, 5.74) is 3.40. The standard InChI is InChI=1S/C26H28F3N3O3/c1-19-23(25(33)30-21-9-5-10-22(17-21)35-26(27,28)29)18-24(20-7-3-2-4-8-20)32(19)12-6-11-31-13-15-34-16-14-31/h2-5,7-10,17-18H,6,11-16H2,1H3,(H,30,33). The zero-order valence-electron chi connectivity index (χ0n) is 19.5. The van der Waals surface area contributed by atoms with Crippen LogP contribution in [0.1, 0.15) is 22.5 Å². The van der Waals surface area contributed by atoms with Gasteiger partial charge in [0.2, 0.25) is 0 Å². The van der Waals surface area contributed by atoms with Crippen LogP contribution in [-0.4, -0.2) is 54.6 Å². The molecular weight excluding hydrogens is 459 g/mol. The zero-order valence-corrected chi connectivity index (χ0v) is 19.5.